The lowest BCUT2D eigenvalue weighted by molar-refractivity contribution is -0.112. The zero-order valence-corrected chi connectivity index (χ0v) is 11.2. The minimum absolute atomic E-state index is 0.0498. The summed E-state index contributed by atoms with van der Waals surface area (Å²) < 4.78 is 4.88. The van der Waals surface area contributed by atoms with Crippen molar-refractivity contribution in [3.8, 4) is 11.8 Å². The SMILES string of the molecule is COCCCN/C=C(/C#N)C(=O)Nc1ccccc1O. The summed E-state index contributed by atoms with van der Waals surface area (Å²) in [5.74, 6) is -0.626. The number of aromatic hydroxyl groups is 1. The van der Waals surface area contributed by atoms with Gasteiger partial charge in [0.05, 0.1) is 5.69 Å². The van der Waals surface area contributed by atoms with Crippen molar-refractivity contribution in [2.24, 2.45) is 0 Å². The summed E-state index contributed by atoms with van der Waals surface area (Å²) in [5, 5.41) is 23.8. The van der Waals surface area contributed by atoms with E-state index in [9.17, 15) is 9.90 Å². The van der Waals surface area contributed by atoms with Gasteiger partial charge >= 0.3 is 0 Å². The fraction of sp³-hybridized carbons (Fsp3) is 0.286. The van der Waals surface area contributed by atoms with E-state index in [4.69, 9.17) is 10.00 Å². The zero-order valence-electron chi connectivity index (χ0n) is 11.2. The number of phenols is 1. The molecule has 0 spiro atoms. The fourth-order valence-corrected chi connectivity index (χ4v) is 1.41. The number of hydrogen-bond acceptors (Lipinski definition) is 5. The third-order valence-corrected chi connectivity index (χ3v) is 2.43. The molecule has 0 aliphatic heterocycles. The van der Waals surface area contributed by atoms with Crippen LogP contribution in [0.5, 0.6) is 5.75 Å². The molecule has 0 saturated carbocycles. The lowest BCUT2D eigenvalue weighted by atomic mass is 10.2. The highest BCUT2D eigenvalue weighted by atomic mass is 16.5. The first-order valence-electron chi connectivity index (χ1n) is 6.11. The third kappa shape index (κ3) is 5.00. The van der Waals surface area contributed by atoms with E-state index in [1.165, 1.54) is 12.3 Å². The highest BCUT2D eigenvalue weighted by Crippen LogP contribution is 2.21. The number of ether oxygens (including phenoxy) is 1. The molecule has 0 unspecified atom stereocenters. The Morgan fingerprint density at radius 2 is 2.25 bits per heavy atom. The second-order valence-electron chi connectivity index (χ2n) is 3.94. The number of anilines is 1. The number of amides is 1. The van der Waals surface area contributed by atoms with Crippen LogP contribution >= 0.6 is 0 Å². The Bertz CT molecular complexity index is 521. The van der Waals surface area contributed by atoms with Crippen LogP contribution in [0.3, 0.4) is 0 Å². The maximum absolute atomic E-state index is 11.8. The molecule has 0 heterocycles. The zero-order chi connectivity index (χ0) is 14.8. The number of benzene rings is 1. The van der Waals surface area contributed by atoms with Gasteiger partial charge in [-0.15, -0.1) is 0 Å². The minimum atomic E-state index is -0.576. The van der Waals surface area contributed by atoms with Crippen LogP contribution in [0.1, 0.15) is 6.42 Å². The molecule has 20 heavy (non-hydrogen) atoms. The predicted octanol–water partition coefficient (Wildman–Crippen LogP) is 1.36. The van der Waals surface area contributed by atoms with Crippen molar-refractivity contribution in [2.45, 2.75) is 6.42 Å². The van der Waals surface area contributed by atoms with Gasteiger partial charge in [0.25, 0.3) is 5.91 Å². The number of nitrogens with zero attached hydrogens (tertiary/aromatic N) is 1. The van der Waals surface area contributed by atoms with Crippen molar-refractivity contribution in [1.82, 2.24) is 5.32 Å². The largest absolute Gasteiger partial charge is 0.506 e. The second kappa shape index (κ2) is 8.56. The number of carbonyl (C=O) groups is 1. The van der Waals surface area contributed by atoms with E-state index in [-0.39, 0.29) is 17.0 Å². The van der Waals surface area contributed by atoms with Gasteiger partial charge in [-0.1, -0.05) is 12.1 Å². The molecule has 106 valence electrons. The monoisotopic (exact) mass is 275 g/mol. The van der Waals surface area contributed by atoms with Crippen LogP contribution in [-0.4, -0.2) is 31.3 Å². The van der Waals surface area contributed by atoms with E-state index in [2.05, 4.69) is 10.6 Å². The van der Waals surface area contributed by atoms with E-state index in [0.717, 1.165) is 6.42 Å². The van der Waals surface area contributed by atoms with Crippen LogP contribution in [0.2, 0.25) is 0 Å². The van der Waals surface area contributed by atoms with Crippen LogP contribution in [0.4, 0.5) is 5.69 Å². The molecular formula is C14H17N3O3. The first-order chi connectivity index (χ1) is 9.69. The summed E-state index contributed by atoms with van der Waals surface area (Å²) in [6.45, 7) is 1.20. The van der Waals surface area contributed by atoms with E-state index >= 15 is 0 Å². The standard InChI is InChI=1S/C14H17N3O3/c1-20-8-4-7-16-10-11(9-15)14(19)17-12-5-2-3-6-13(12)18/h2-3,5-6,10,16,18H,4,7-8H2,1H3,(H,17,19)/b11-10-. The van der Waals surface area contributed by atoms with E-state index < -0.39 is 5.91 Å². The molecule has 0 bridgehead atoms. The molecule has 6 heteroatoms. The molecule has 0 aliphatic rings. The van der Waals surface area contributed by atoms with Gasteiger partial charge in [-0.3, -0.25) is 4.79 Å². The molecular weight excluding hydrogens is 258 g/mol. The van der Waals surface area contributed by atoms with E-state index in [1.807, 2.05) is 0 Å². The van der Waals surface area contributed by atoms with Gasteiger partial charge < -0.3 is 20.5 Å². The van der Waals surface area contributed by atoms with E-state index in [1.54, 1.807) is 31.4 Å². The summed E-state index contributed by atoms with van der Waals surface area (Å²) in [6, 6.07) is 8.13. The van der Waals surface area contributed by atoms with Gasteiger partial charge in [0.2, 0.25) is 0 Å². The molecule has 1 aromatic rings. The summed E-state index contributed by atoms with van der Waals surface area (Å²) in [5.41, 5.74) is 0.198. The maximum atomic E-state index is 11.8. The van der Waals surface area contributed by atoms with Crippen molar-refractivity contribution in [2.75, 3.05) is 25.6 Å². The van der Waals surface area contributed by atoms with Crippen LogP contribution in [0.15, 0.2) is 36.0 Å². The van der Waals surface area contributed by atoms with Gasteiger partial charge in [0.1, 0.15) is 17.4 Å². The first kappa shape index (κ1) is 15.5. The van der Waals surface area contributed by atoms with Crippen LogP contribution < -0.4 is 10.6 Å². The number of rotatable bonds is 7. The van der Waals surface area contributed by atoms with Crippen molar-refractivity contribution in [1.29, 1.82) is 5.26 Å². The molecule has 0 aliphatic carbocycles. The van der Waals surface area contributed by atoms with Crippen molar-refractivity contribution >= 4 is 11.6 Å². The van der Waals surface area contributed by atoms with Crippen molar-refractivity contribution < 1.29 is 14.6 Å². The van der Waals surface area contributed by atoms with Gasteiger partial charge in [-0.25, -0.2) is 0 Å². The summed E-state index contributed by atoms with van der Waals surface area (Å²) in [4.78, 5) is 11.8. The number of nitriles is 1. The molecule has 1 rings (SSSR count). The topological polar surface area (TPSA) is 94.4 Å². The van der Waals surface area contributed by atoms with E-state index in [0.29, 0.717) is 13.2 Å². The lowest BCUT2D eigenvalue weighted by Crippen LogP contribution is -2.17. The molecule has 0 atom stereocenters. The Morgan fingerprint density at radius 3 is 2.90 bits per heavy atom. The van der Waals surface area contributed by atoms with Crippen molar-refractivity contribution in [3.05, 3.63) is 36.0 Å². The smallest absolute Gasteiger partial charge is 0.267 e. The van der Waals surface area contributed by atoms with Crippen LogP contribution in [0, 0.1) is 11.3 Å². The Labute approximate surface area is 117 Å². The molecule has 1 amide bonds. The quantitative estimate of drug-likeness (QED) is 0.302. The molecule has 6 nitrogen and oxygen atoms in total. The number of carbonyl (C=O) groups excluding carboxylic acids is 1. The van der Waals surface area contributed by atoms with Gasteiger partial charge in [0.15, 0.2) is 0 Å². The average molecular weight is 275 g/mol. The highest BCUT2D eigenvalue weighted by molar-refractivity contribution is 6.07. The van der Waals surface area contributed by atoms with Crippen molar-refractivity contribution in [3.63, 3.8) is 0 Å². The number of para-hydroxylation sites is 2. The van der Waals surface area contributed by atoms with Gasteiger partial charge in [0, 0.05) is 26.5 Å². The maximum Gasteiger partial charge on any atom is 0.267 e. The molecule has 0 aromatic heterocycles. The number of methoxy groups -OCH3 is 1. The Balaban J connectivity index is 2.57. The Hall–Kier alpha value is -2.52. The molecule has 1 aromatic carbocycles. The highest BCUT2D eigenvalue weighted by Gasteiger charge is 2.10. The van der Waals surface area contributed by atoms with Crippen LogP contribution in [0.25, 0.3) is 0 Å². The normalized spacial score (nSPS) is 10.7. The molecule has 0 radical (unpaired) electrons. The number of hydrogen-bond donors (Lipinski definition) is 3. The second-order valence-corrected chi connectivity index (χ2v) is 3.94. The number of phenolic OH excluding ortho intramolecular Hbond substituents is 1. The molecule has 0 saturated heterocycles. The summed E-state index contributed by atoms with van der Waals surface area (Å²) in [7, 11) is 1.61. The first-order valence-corrected chi connectivity index (χ1v) is 6.11. The van der Waals surface area contributed by atoms with Crippen LogP contribution in [-0.2, 0) is 9.53 Å². The predicted molar refractivity (Wildman–Crippen MR) is 74.9 cm³/mol. The lowest BCUT2D eigenvalue weighted by Gasteiger charge is -2.06. The average Bonchev–Trinajstić information content (AvgIpc) is 2.45. The third-order valence-electron chi connectivity index (χ3n) is 2.43. The number of nitrogens with one attached hydrogen (secondary N) is 2. The Kier molecular flexibility index (Phi) is 6.65. The molecule has 3 N–H and O–H groups in total. The summed E-state index contributed by atoms with van der Waals surface area (Å²) in [6.07, 6.45) is 2.12. The molecule has 0 fully saturated rings. The van der Waals surface area contributed by atoms with Gasteiger partial charge in [-0.2, -0.15) is 5.26 Å². The minimum Gasteiger partial charge on any atom is -0.506 e. The van der Waals surface area contributed by atoms with Gasteiger partial charge in [-0.05, 0) is 18.6 Å². The fourth-order valence-electron chi connectivity index (χ4n) is 1.41. The summed E-state index contributed by atoms with van der Waals surface area (Å²) >= 11 is 0. The Morgan fingerprint density at radius 1 is 1.50 bits per heavy atom.